The van der Waals surface area contributed by atoms with Gasteiger partial charge in [0, 0.05) is 35.8 Å². The first kappa shape index (κ1) is 21.4. The summed E-state index contributed by atoms with van der Waals surface area (Å²) in [7, 11) is 1.87. The van der Waals surface area contributed by atoms with Gasteiger partial charge in [0.2, 0.25) is 0 Å². The molecule has 0 aliphatic carbocycles. The Hall–Kier alpha value is -2.31. The van der Waals surface area contributed by atoms with Gasteiger partial charge in [0.1, 0.15) is 5.69 Å². The highest BCUT2D eigenvalue weighted by atomic mass is 32.1. The van der Waals surface area contributed by atoms with Gasteiger partial charge >= 0.3 is 0 Å². The van der Waals surface area contributed by atoms with Crippen LogP contribution in [0.15, 0.2) is 47.5 Å². The number of amides is 1. The van der Waals surface area contributed by atoms with Crippen molar-refractivity contribution in [2.45, 2.75) is 38.1 Å². The first-order valence-electron chi connectivity index (χ1n) is 10.1. The van der Waals surface area contributed by atoms with E-state index in [1.807, 2.05) is 48.9 Å². The van der Waals surface area contributed by atoms with Crippen molar-refractivity contribution >= 4 is 29.4 Å². The normalized spacial score (nSPS) is 14.3. The molecule has 1 aliphatic heterocycles. The minimum absolute atomic E-state index is 0.105. The number of nitrogens with one attached hydrogen (secondary N) is 2. The number of benzene rings is 1. The summed E-state index contributed by atoms with van der Waals surface area (Å²) in [5.41, 5.74) is 3.57. The van der Waals surface area contributed by atoms with Crippen molar-refractivity contribution in [3.63, 3.8) is 0 Å². The lowest BCUT2D eigenvalue weighted by Crippen LogP contribution is -2.26. The smallest absolute Gasteiger partial charge is 0.268 e. The highest BCUT2D eigenvalue weighted by Crippen LogP contribution is 2.19. The van der Waals surface area contributed by atoms with Gasteiger partial charge in [-0.1, -0.05) is 25.1 Å². The van der Waals surface area contributed by atoms with Gasteiger partial charge < -0.3 is 15.2 Å². The van der Waals surface area contributed by atoms with Crippen LogP contribution in [0, 0.1) is 12.8 Å². The lowest BCUT2D eigenvalue weighted by molar-refractivity contribution is 0.0942. The zero-order valence-electron chi connectivity index (χ0n) is 17.4. The quantitative estimate of drug-likeness (QED) is 0.570. The van der Waals surface area contributed by atoms with Crippen molar-refractivity contribution in [1.82, 2.24) is 20.2 Å². The molecule has 3 aromatic rings. The first-order valence-corrected chi connectivity index (χ1v) is 10.6. The number of thiol groups is 1. The molecule has 1 saturated heterocycles. The van der Waals surface area contributed by atoms with Gasteiger partial charge in [-0.3, -0.25) is 9.78 Å². The first-order chi connectivity index (χ1) is 14.0. The van der Waals surface area contributed by atoms with Gasteiger partial charge in [-0.15, -0.1) is 12.6 Å². The zero-order valence-corrected chi connectivity index (χ0v) is 18.3. The van der Waals surface area contributed by atoms with Crippen molar-refractivity contribution in [2.24, 2.45) is 13.0 Å². The zero-order chi connectivity index (χ0) is 20.8. The number of fused-ring (bicyclic) bond motifs is 1. The molecule has 6 heteroatoms. The molecule has 5 nitrogen and oxygen atoms in total. The van der Waals surface area contributed by atoms with Crippen molar-refractivity contribution < 1.29 is 4.79 Å². The molecule has 1 aliphatic rings. The Bertz CT molecular complexity index is 971. The van der Waals surface area contributed by atoms with Crippen molar-refractivity contribution in [2.75, 3.05) is 13.1 Å². The Balaban J connectivity index is 0.000000290. The number of rotatable bonds is 3. The second-order valence-corrected chi connectivity index (χ2v) is 8.14. The topological polar surface area (TPSA) is 59.0 Å². The van der Waals surface area contributed by atoms with E-state index in [0.717, 1.165) is 33.0 Å². The molecule has 0 spiro atoms. The molecular formula is C23H30N4OS. The van der Waals surface area contributed by atoms with Gasteiger partial charge in [-0.25, -0.2) is 0 Å². The van der Waals surface area contributed by atoms with Crippen LogP contribution in [-0.4, -0.2) is 28.5 Å². The SMILES string of the molecule is CC1CCNCC1.Cc1c(S)cc(C(=O)NCc2cccc3ncccc23)n1C. The summed E-state index contributed by atoms with van der Waals surface area (Å²) in [5.74, 6) is 0.869. The molecule has 0 bridgehead atoms. The van der Waals surface area contributed by atoms with Crippen LogP contribution < -0.4 is 10.6 Å². The molecule has 0 radical (unpaired) electrons. The van der Waals surface area contributed by atoms with Crippen LogP contribution in [0.4, 0.5) is 0 Å². The van der Waals surface area contributed by atoms with E-state index in [0.29, 0.717) is 12.2 Å². The van der Waals surface area contributed by atoms with Crippen LogP contribution in [0.25, 0.3) is 10.9 Å². The fourth-order valence-corrected chi connectivity index (χ4v) is 3.73. The third-order valence-corrected chi connectivity index (χ3v) is 6.00. The summed E-state index contributed by atoms with van der Waals surface area (Å²) in [6, 6.07) is 11.6. The Morgan fingerprint density at radius 3 is 2.66 bits per heavy atom. The largest absolute Gasteiger partial charge is 0.347 e. The Morgan fingerprint density at radius 1 is 1.28 bits per heavy atom. The second-order valence-electron chi connectivity index (χ2n) is 7.66. The summed E-state index contributed by atoms with van der Waals surface area (Å²) < 4.78 is 1.85. The predicted molar refractivity (Wildman–Crippen MR) is 122 cm³/mol. The fourth-order valence-electron chi connectivity index (χ4n) is 3.45. The van der Waals surface area contributed by atoms with E-state index >= 15 is 0 Å². The van der Waals surface area contributed by atoms with E-state index < -0.39 is 0 Å². The van der Waals surface area contributed by atoms with Crippen molar-refractivity contribution in [1.29, 1.82) is 0 Å². The number of carbonyl (C=O) groups is 1. The van der Waals surface area contributed by atoms with Crippen LogP contribution in [0.1, 0.15) is 41.5 Å². The van der Waals surface area contributed by atoms with Crippen LogP contribution >= 0.6 is 12.6 Å². The summed E-state index contributed by atoms with van der Waals surface area (Å²) in [6.45, 7) is 7.20. The van der Waals surface area contributed by atoms with Crippen molar-refractivity contribution in [3.8, 4) is 0 Å². The number of hydrogen-bond donors (Lipinski definition) is 3. The molecule has 0 saturated carbocycles. The second kappa shape index (κ2) is 9.94. The van der Waals surface area contributed by atoms with Crippen LogP contribution in [-0.2, 0) is 13.6 Å². The van der Waals surface area contributed by atoms with E-state index in [2.05, 4.69) is 35.2 Å². The molecule has 1 aromatic carbocycles. The van der Waals surface area contributed by atoms with Gasteiger partial charge in [0.25, 0.3) is 5.91 Å². The molecule has 2 N–H and O–H groups in total. The molecular weight excluding hydrogens is 380 g/mol. The van der Waals surface area contributed by atoms with Gasteiger partial charge in [-0.2, -0.15) is 0 Å². The molecule has 1 fully saturated rings. The molecule has 0 atom stereocenters. The van der Waals surface area contributed by atoms with Gasteiger partial charge in [0.15, 0.2) is 0 Å². The number of nitrogens with zero attached hydrogens (tertiary/aromatic N) is 2. The number of hydrogen-bond acceptors (Lipinski definition) is 4. The van der Waals surface area contributed by atoms with E-state index in [4.69, 9.17) is 0 Å². The Morgan fingerprint density at radius 2 is 2.03 bits per heavy atom. The van der Waals surface area contributed by atoms with E-state index in [9.17, 15) is 4.79 Å². The lowest BCUT2D eigenvalue weighted by atomic mass is 10.0. The number of carbonyl (C=O) groups excluding carboxylic acids is 1. The molecule has 3 heterocycles. The van der Waals surface area contributed by atoms with Gasteiger partial charge in [-0.05, 0) is 62.5 Å². The molecule has 4 rings (SSSR count). The summed E-state index contributed by atoms with van der Waals surface area (Å²) >= 11 is 4.36. The van der Waals surface area contributed by atoms with Crippen molar-refractivity contribution in [3.05, 3.63) is 59.5 Å². The maximum Gasteiger partial charge on any atom is 0.268 e. The predicted octanol–water partition coefficient (Wildman–Crippen LogP) is 4.11. The Kier molecular flexibility index (Phi) is 7.34. The molecule has 2 aromatic heterocycles. The number of aromatic nitrogens is 2. The third-order valence-electron chi connectivity index (χ3n) is 5.54. The van der Waals surface area contributed by atoms with E-state index in [1.165, 1.54) is 25.9 Å². The monoisotopic (exact) mass is 410 g/mol. The molecule has 154 valence electrons. The van der Waals surface area contributed by atoms with Gasteiger partial charge in [0.05, 0.1) is 5.52 Å². The maximum absolute atomic E-state index is 12.4. The highest BCUT2D eigenvalue weighted by molar-refractivity contribution is 7.80. The van der Waals surface area contributed by atoms with Crippen LogP contribution in [0.3, 0.4) is 0 Å². The van der Waals surface area contributed by atoms with Crippen LogP contribution in [0.2, 0.25) is 0 Å². The molecule has 1 amide bonds. The third kappa shape index (κ3) is 5.40. The Labute approximate surface area is 178 Å². The summed E-state index contributed by atoms with van der Waals surface area (Å²) in [4.78, 5) is 17.5. The molecule has 0 unspecified atom stereocenters. The average Bonchev–Trinajstić information content (AvgIpc) is 3.00. The van der Waals surface area contributed by atoms with Crippen LogP contribution in [0.5, 0.6) is 0 Å². The number of pyridine rings is 1. The maximum atomic E-state index is 12.4. The fraction of sp³-hybridized carbons (Fsp3) is 0.391. The minimum atomic E-state index is -0.105. The van der Waals surface area contributed by atoms with E-state index in [1.54, 1.807) is 12.3 Å². The average molecular weight is 411 g/mol. The standard InChI is InChI=1S/C17H17N3OS.C6H13N/c1-11-16(22)9-15(20(11)2)17(21)19-10-12-5-3-7-14-13(12)6-4-8-18-14;1-6-2-4-7-5-3-6/h3-9,22H,10H2,1-2H3,(H,19,21);6-7H,2-5H2,1H3. The summed E-state index contributed by atoms with van der Waals surface area (Å²) in [6.07, 6.45) is 4.52. The summed E-state index contributed by atoms with van der Waals surface area (Å²) in [5, 5.41) is 7.34. The minimum Gasteiger partial charge on any atom is -0.347 e. The molecule has 29 heavy (non-hydrogen) atoms. The lowest BCUT2D eigenvalue weighted by Gasteiger charge is -2.17. The number of piperidine rings is 1. The van der Waals surface area contributed by atoms with E-state index in [-0.39, 0.29) is 5.91 Å². The highest BCUT2D eigenvalue weighted by Gasteiger charge is 2.14.